The summed E-state index contributed by atoms with van der Waals surface area (Å²) in [6.07, 6.45) is 4.90. The molecule has 0 aromatic heterocycles. The summed E-state index contributed by atoms with van der Waals surface area (Å²) in [5.41, 5.74) is 1.35. The van der Waals surface area contributed by atoms with Crippen molar-refractivity contribution in [3.05, 3.63) is 84.4 Å². The van der Waals surface area contributed by atoms with E-state index < -0.39 is 28.5 Å². The van der Waals surface area contributed by atoms with Crippen molar-refractivity contribution in [1.82, 2.24) is 10.2 Å². The second-order valence-electron chi connectivity index (χ2n) is 10.6. The van der Waals surface area contributed by atoms with Crippen molar-refractivity contribution in [2.45, 2.75) is 62.4 Å². The van der Waals surface area contributed by atoms with E-state index in [1.165, 1.54) is 37.3 Å². The molecule has 4 rings (SSSR count). The van der Waals surface area contributed by atoms with Gasteiger partial charge in [-0.05, 0) is 55.5 Å². The molecule has 1 N–H and O–H groups in total. The van der Waals surface area contributed by atoms with E-state index in [1.54, 1.807) is 30.3 Å². The van der Waals surface area contributed by atoms with Crippen molar-refractivity contribution in [3.8, 4) is 11.5 Å². The van der Waals surface area contributed by atoms with Gasteiger partial charge in [-0.15, -0.1) is 0 Å². The molecule has 1 saturated carbocycles. The Morgan fingerprint density at radius 2 is 1.53 bits per heavy atom. The molecular formula is C33H41N3O6S. The van der Waals surface area contributed by atoms with E-state index in [9.17, 15) is 18.0 Å². The molecule has 1 atom stereocenters. The molecule has 0 unspecified atom stereocenters. The fourth-order valence-electron chi connectivity index (χ4n) is 5.49. The Morgan fingerprint density at radius 3 is 2.14 bits per heavy atom. The molecule has 10 heteroatoms. The summed E-state index contributed by atoms with van der Waals surface area (Å²) in [4.78, 5) is 29.2. The van der Waals surface area contributed by atoms with E-state index in [4.69, 9.17) is 9.47 Å². The molecular weight excluding hydrogens is 566 g/mol. The minimum atomic E-state index is -4.23. The zero-order valence-electron chi connectivity index (χ0n) is 25.1. The highest BCUT2D eigenvalue weighted by molar-refractivity contribution is 7.92. The molecule has 230 valence electrons. The van der Waals surface area contributed by atoms with E-state index in [1.807, 2.05) is 37.3 Å². The normalized spacial score (nSPS) is 14.1. The summed E-state index contributed by atoms with van der Waals surface area (Å²) in [6.45, 7) is 1.65. The lowest BCUT2D eigenvalue weighted by Gasteiger charge is -2.33. The van der Waals surface area contributed by atoms with Gasteiger partial charge in [0.05, 0.1) is 24.8 Å². The molecule has 1 fully saturated rings. The number of carbonyl (C=O) groups excluding carboxylic acids is 2. The lowest BCUT2D eigenvalue weighted by atomic mass is 10.1. The molecule has 1 aliphatic rings. The highest BCUT2D eigenvalue weighted by Crippen LogP contribution is 2.32. The van der Waals surface area contributed by atoms with Crippen molar-refractivity contribution in [2.24, 2.45) is 0 Å². The van der Waals surface area contributed by atoms with Crippen LogP contribution in [0, 0.1) is 0 Å². The van der Waals surface area contributed by atoms with Gasteiger partial charge in [-0.1, -0.05) is 68.3 Å². The van der Waals surface area contributed by atoms with E-state index in [0.717, 1.165) is 35.6 Å². The minimum Gasteiger partial charge on any atom is -0.493 e. The van der Waals surface area contributed by atoms with E-state index in [0.29, 0.717) is 24.3 Å². The summed E-state index contributed by atoms with van der Waals surface area (Å²) in [6, 6.07) is 21.9. The number of anilines is 1. The predicted octanol–water partition coefficient (Wildman–Crippen LogP) is 4.81. The summed E-state index contributed by atoms with van der Waals surface area (Å²) in [5, 5.41) is 3.14. The first-order valence-corrected chi connectivity index (χ1v) is 16.2. The third kappa shape index (κ3) is 7.87. The smallest absolute Gasteiger partial charge is 0.264 e. The van der Waals surface area contributed by atoms with Crippen LogP contribution < -0.4 is 19.1 Å². The van der Waals surface area contributed by atoms with Crippen LogP contribution >= 0.6 is 0 Å². The van der Waals surface area contributed by atoms with Crippen molar-refractivity contribution < 1.29 is 27.5 Å². The monoisotopic (exact) mass is 607 g/mol. The standard InChI is InChI=1S/C33H41N3O6S/c1-4-29(33(38)34-26-15-11-12-16-26)35(22-21-25-13-7-5-8-14-25)32(37)24-36(27-17-9-6-10-18-27)43(39,40)28-19-20-30(41-2)31(23-28)42-3/h5-10,13-14,17-20,23,26,29H,4,11-12,15-16,21-22,24H2,1-3H3,(H,34,38)/t29-/m1/s1. The average molecular weight is 608 g/mol. The van der Waals surface area contributed by atoms with Crippen LogP contribution in [-0.2, 0) is 26.0 Å². The third-order valence-electron chi connectivity index (χ3n) is 7.84. The third-order valence-corrected chi connectivity index (χ3v) is 9.61. The quantitative estimate of drug-likeness (QED) is 0.282. The number of benzene rings is 3. The first-order chi connectivity index (χ1) is 20.8. The van der Waals surface area contributed by atoms with Crippen molar-refractivity contribution in [1.29, 1.82) is 0 Å². The Balaban J connectivity index is 1.68. The Kier molecular flexibility index (Phi) is 11.1. The number of nitrogens with one attached hydrogen (secondary N) is 1. The average Bonchev–Trinajstić information content (AvgIpc) is 3.55. The Morgan fingerprint density at radius 1 is 0.907 bits per heavy atom. The van der Waals surface area contributed by atoms with Crippen LogP contribution in [0.3, 0.4) is 0 Å². The maximum absolute atomic E-state index is 14.2. The Bertz CT molecular complexity index is 1460. The molecule has 0 aliphatic heterocycles. The van der Waals surface area contributed by atoms with Crippen molar-refractivity contribution in [3.63, 3.8) is 0 Å². The Labute approximate surface area is 254 Å². The van der Waals surface area contributed by atoms with Crippen molar-refractivity contribution in [2.75, 3.05) is 31.6 Å². The highest BCUT2D eigenvalue weighted by Gasteiger charge is 2.34. The predicted molar refractivity (Wildman–Crippen MR) is 167 cm³/mol. The van der Waals surface area contributed by atoms with Crippen LogP contribution in [0.4, 0.5) is 5.69 Å². The number of hydrogen-bond donors (Lipinski definition) is 1. The summed E-state index contributed by atoms with van der Waals surface area (Å²) < 4.78 is 40.0. The first-order valence-electron chi connectivity index (χ1n) is 14.7. The number of hydrogen-bond acceptors (Lipinski definition) is 6. The molecule has 0 radical (unpaired) electrons. The minimum absolute atomic E-state index is 0.0522. The summed E-state index contributed by atoms with van der Waals surface area (Å²) >= 11 is 0. The van der Waals surface area contributed by atoms with Gasteiger partial charge in [0.2, 0.25) is 11.8 Å². The maximum Gasteiger partial charge on any atom is 0.264 e. The van der Waals surface area contributed by atoms with E-state index in [2.05, 4.69) is 5.32 Å². The van der Waals surface area contributed by atoms with Gasteiger partial charge in [0, 0.05) is 18.7 Å². The number of rotatable bonds is 14. The fourth-order valence-corrected chi connectivity index (χ4v) is 6.92. The van der Waals surface area contributed by atoms with Crippen LogP contribution in [-0.4, -0.2) is 64.5 Å². The molecule has 3 aromatic rings. The molecule has 0 saturated heterocycles. The van der Waals surface area contributed by atoms with E-state index in [-0.39, 0.29) is 29.1 Å². The van der Waals surface area contributed by atoms with Gasteiger partial charge in [-0.3, -0.25) is 13.9 Å². The van der Waals surface area contributed by atoms with E-state index >= 15 is 0 Å². The van der Waals surface area contributed by atoms with Crippen LogP contribution in [0.1, 0.15) is 44.6 Å². The molecule has 2 amide bonds. The number of amides is 2. The molecule has 0 spiro atoms. The second kappa shape index (κ2) is 14.9. The molecule has 43 heavy (non-hydrogen) atoms. The fraction of sp³-hybridized carbons (Fsp3) is 0.394. The van der Waals surface area contributed by atoms with Crippen LogP contribution in [0.15, 0.2) is 83.8 Å². The zero-order chi connectivity index (χ0) is 30.8. The van der Waals surface area contributed by atoms with Gasteiger partial charge in [-0.25, -0.2) is 8.42 Å². The molecule has 3 aromatic carbocycles. The highest BCUT2D eigenvalue weighted by atomic mass is 32.2. The maximum atomic E-state index is 14.2. The molecule has 0 heterocycles. The first kappa shape index (κ1) is 31.9. The van der Waals surface area contributed by atoms with Gasteiger partial charge in [0.25, 0.3) is 10.0 Å². The molecule has 0 bridgehead atoms. The van der Waals surface area contributed by atoms with Crippen molar-refractivity contribution >= 4 is 27.5 Å². The second-order valence-corrected chi connectivity index (χ2v) is 12.5. The van der Waals surface area contributed by atoms with Gasteiger partial charge in [0.1, 0.15) is 12.6 Å². The number of carbonyl (C=O) groups is 2. The SMILES string of the molecule is CC[C@H](C(=O)NC1CCCC1)N(CCc1ccccc1)C(=O)CN(c1ccccc1)S(=O)(=O)c1ccc(OC)c(OC)c1. The van der Waals surface area contributed by atoms with Crippen LogP contribution in [0.25, 0.3) is 0 Å². The summed E-state index contributed by atoms with van der Waals surface area (Å²) in [5.74, 6) is -0.0287. The number of nitrogens with zero attached hydrogens (tertiary/aromatic N) is 2. The van der Waals surface area contributed by atoms with Gasteiger partial charge in [-0.2, -0.15) is 0 Å². The van der Waals surface area contributed by atoms with Crippen LogP contribution in [0.2, 0.25) is 0 Å². The Hall–Kier alpha value is -4.05. The lowest BCUT2D eigenvalue weighted by Crippen LogP contribution is -2.54. The summed E-state index contributed by atoms with van der Waals surface area (Å²) in [7, 11) is -1.33. The number of methoxy groups -OCH3 is 2. The van der Waals surface area contributed by atoms with Gasteiger partial charge in [0.15, 0.2) is 11.5 Å². The molecule has 9 nitrogen and oxygen atoms in total. The zero-order valence-corrected chi connectivity index (χ0v) is 25.9. The number of sulfonamides is 1. The van der Waals surface area contributed by atoms with Crippen LogP contribution in [0.5, 0.6) is 11.5 Å². The lowest BCUT2D eigenvalue weighted by molar-refractivity contribution is -0.139. The topological polar surface area (TPSA) is 105 Å². The number of para-hydroxylation sites is 1. The molecule has 1 aliphatic carbocycles. The van der Waals surface area contributed by atoms with Gasteiger partial charge >= 0.3 is 0 Å². The number of ether oxygens (including phenoxy) is 2. The van der Waals surface area contributed by atoms with Gasteiger partial charge < -0.3 is 19.7 Å². The largest absolute Gasteiger partial charge is 0.493 e.